The fraction of sp³-hybridized carbons (Fsp3) is 0.250. The summed E-state index contributed by atoms with van der Waals surface area (Å²) in [6.45, 7) is 0. The number of benzene rings is 1. The van der Waals surface area contributed by atoms with E-state index in [0.29, 0.717) is 0 Å². The van der Waals surface area contributed by atoms with Crippen LogP contribution < -0.4 is 16.4 Å². The van der Waals surface area contributed by atoms with Gasteiger partial charge in [-0.1, -0.05) is 6.07 Å². The smallest absolute Gasteiger partial charge is 0.243 e. The largest absolute Gasteiger partial charge is 0.433 e. The van der Waals surface area contributed by atoms with Gasteiger partial charge in [-0.2, -0.15) is 37.1 Å². The van der Waals surface area contributed by atoms with Gasteiger partial charge in [0, 0.05) is 5.56 Å². The maximum absolute atomic E-state index is 13.3. The van der Waals surface area contributed by atoms with Crippen LogP contribution in [0.15, 0.2) is 36.4 Å². The molecule has 1 aliphatic heterocycles. The number of nitrogens with one attached hydrogen (secondary N) is 3. The molecule has 0 radical (unpaired) electrons. The maximum Gasteiger partial charge on any atom is 0.433 e. The van der Waals surface area contributed by atoms with Crippen molar-refractivity contribution < 1.29 is 26.3 Å². The normalized spacial score (nSPS) is 20.5. The summed E-state index contributed by atoms with van der Waals surface area (Å²) in [6, 6.07) is 5.98. The van der Waals surface area contributed by atoms with Crippen molar-refractivity contribution in [2.24, 2.45) is 0 Å². The lowest BCUT2D eigenvalue weighted by Crippen LogP contribution is -2.32. The number of alkyl halides is 6. The third-order valence-corrected chi connectivity index (χ3v) is 3.90. The molecule has 1 fully saturated rings. The second-order valence-electron chi connectivity index (χ2n) is 5.75. The predicted molar refractivity (Wildman–Crippen MR) is 81.2 cm³/mol. The van der Waals surface area contributed by atoms with Crippen molar-refractivity contribution in [3.05, 3.63) is 53.2 Å². The van der Waals surface area contributed by atoms with Gasteiger partial charge in [0.15, 0.2) is 0 Å². The number of rotatable bonds is 2. The highest BCUT2D eigenvalue weighted by atomic mass is 19.4. The monoisotopic (exact) mass is 387 g/mol. The van der Waals surface area contributed by atoms with Crippen LogP contribution in [0.2, 0.25) is 0 Å². The van der Waals surface area contributed by atoms with Crippen LogP contribution in [-0.2, 0) is 12.4 Å². The van der Waals surface area contributed by atoms with E-state index < -0.39 is 35.7 Å². The van der Waals surface area contributed by atoms with Gasteiger partial charge in [-0.25, -0.2) is 15.8 Å². The molecule has 0 aliphatic carbocycles. The molecular weight excluding hydrogens is 376 g/mol. The number of nitrogens with zero attached hydrogens (tertiary/aromatic N) is 2. The first-order chi connectivity index (χ1) is 12.6. The molecule has 5 nitrogen and oxygen atoms in total. The van der Waals surface area contributed by atoms with Gasteiger partial charge in [0.2, 0.25) is 0 Å². The fourth-order valence-corrected chi connectivity index (χ4v) is 2.64. The second kappa shape index (κ2) is 6.80. The summed E-state index contributed by atoms with van der Waals surface area (Å²) in [5.74, 6) is 0. The molecule has 2 heterocycles. The Bertz CT molecular complexity index is 886. The highest BCUT2D eigenvalue weighted by Crippen LogP contribution is 2.36. The molecule has 0 spiro atoms. The lowest BCUT2D eigenvalue weighted by Gasteiger charge is -2.17. The number of hydrogen-bond donors (Lipinski definition) is 3. The molecule has 2 unspecified atom stereocenters. The molecule has 0 amide bonds. The minimum Gasteiger partial charge on any atom is -0.243 e. The lowest BCUT2D eigenvalue weighted by atomic mass is 9.95. The predicted octanol–water partition coefficient (Wildman–Crippen LogP) is 3.33. The van der Waals surface area contributed by atoms with E-state index in [1.807, 2.05) is 6.07 Å². The Morgan fingerprint density at radius 2 is 1.70 bits per heavy atom. The first-order valence-electron chi connectivity index (χ1n) is 7.52. The van der Waals surface area contributed by atoms with Crippen LogP contribution >= 0.6 is 0 Å². The molecule has 1 aromatic heterocycles. The number of hydrogen-bond acceptors (Lipinski definition) is 5. The molecule has 3 rings (SSSR count). The summed E-state index contributed by atoms with van der Waals surface area (Å²) < 4.78 is 78.5. The van der Waals surface area contributed by atoms with Crippen molar-refractivity contribution in [1.82, 2.24) is 21.4 Å². The summed E-state index contributed by atoms with van der Waals surface area (Å²) in [5, 5.41) is 9.09. The summed E-state index contributed by atoms with van der Waals surface area (Å²) in [6.07, 6.45) is -9.46. The van der Waals surface area contributed by atoms with E-state index in [9.17, 15) is 26.3 Å². The molecule has 0 bridgehead atoms. The van der Waals surface area contributed by atoms with Crippen LogP contribution in [0.3, 0.4) is 0 Å². The molecule has 1 aliphatic rings. The minimum absolute atomic E-state index is 0.0723. The van der Waals surface area contributed by atoms with E-state index in [1.54, 1.807) is 0 Å². The van der Waals surface area contributed by atoms with Crippen LogP contribution in [0, 0.1) is 11.3 Å². The molecule has 27 heavy (non-hydrogen) atoms. The van der Waals surface area contributed by atoms with E-state index in [-0.39, 0.29) is 16.8 Å². The highest BCUT2D eigenvalue weighted by Gasteiger charge is 2.35. The van der Waals surface area contributed by atoms with Gasteiger partial charge in [0.05, 0.1) is 23.4 Å². The molecule has 142 valence electrons. The van der Waals surface area contributed by atoms with Gasteiger partial charge in [0.1, 0.15) is 11.7 Å². The Morgan fingerprint density at radius 3 is 2.33 bits per heavy atom. The molecule has 2 aromatic rings. The van der Waals surface area contributed by atoms with Crippen LogP contribution in [0.5, 0.6) is 0 Å². The van der Waals surface area contributed by atoms with Gasteiger partial charge in [-0.3, -0.25) is 0 Å². The van der Waals surface area contributed by atoms with E-state index in [0.717, 1.165) is 24.3 Å². The van der Waals surface area contributed by atoms with Gasteiger partial charge in [-0.15, -0.1) is 0 Å². The minimum atomic E-state index is -4.73. The van der Waals surface area contributed by atoms with Crippen molar-refractivity contribution in [3.63, 3.8) is 0 Å². The molecule has 1 saturated heterocycles. The lowest BCUT2D eigenvalue weighted by molar-refractivity contribution is -0.141. The maximum atomic E-state index is 13.3. The van der Waals surface area contributed by atoms with E-state index in [2.05, 4.69) is 21.4 Å². The average molecular weight is 387 g/mol. The zero-order valence-corrected chi connectivity index (χ0v) is 13.3. The van der Waals surface area contributed by atoms with Crippen molar-refractivity contribution in [3.8, 4) is 17.3 Å². The highest BCUT2D eigenvalue weighted by molar-refractivity contribution is 5.62. The summed E-state index contributed by atoms with van der Waals surface area (Å²) in [4.78, 5) is 3.44. The van der Waals surface area contributed by atoms with Crippen molar-refractivity contribution in [1.29, 1.82) is 5.26 Å². The van der Waals surface area contributed by atoms with Crippen molar-refractivity contribution in [2.75, 3.05) is 0 Å². The van der Waals surface area contributed by atoms with Gasteiger partial charge in [-0.05, 0) is 35.9 Å². The Labute approximate surface area is 149 Å². The third-order valence-electron chi connectivity index (χ3n) is 3.90. The topological polar surface area (TPSA) is 72.8 Å². The zero-order chi connectivity index (χ0) is 19.8. The quantitative estimate of drug-likeness (QED) is 0.690. The van der Waals surface area contributed by atoms with Crippen molar-refractivity contribution >= 4 is 0 Å². The van der Waals surface area contributed by atoms with E-state index in [4.69, 9.17) is 5.26 Å². The summed E-state index contributed by atoms with van der Waals surface area (Å²) >= 11 is 0. The Morgan fingerprint density at radius 1 is 0.963 bits per heavy atom. The first kappa shape index (κ1) is 19.1. The van der Waals surface area contributed by atoms with Gasteiger partial charge in [0.25, 0.3) is 0 Å². The number of pyridine rings is 1. The van der Waals surface area contributed by atoms with E-state index >= 15 is 0 Å². The van der Waals surface area contributed by atoms with Crippen LogP contribution in [-0.4, -0.2) is 11.0 Å². The second-order valence-corrected chi connectivity index (χ2v) is 5.75. The zero-order valence-electron chi connectivity index (χ0n) is 13.3. The van der Waals surface area contributed by atoms with Crippen LogP contribution in [0.1, 0.15) is 22.9 Å². The Kier molecular flexibility index (Phi) is 4.81. The number of halogens is 6. The van der Waals surface area contributed by atoms with Crippen LogP contribution in [0.25, 0.3) is 11.3 Å². The standard InChI is InChI=1S/C16H11F6N5/c17-15(18,19)10-5-8(11-2-1-3-13(24-11)16(20,21)22)4-9(6-10)14-12(7-23)25-27-26-14/h1-6,12,14,25-27H. The number of hydrazine groups is 2. The third kappa shape index (κ3) is 4.02. The molecule has 0 saturated carbocycles. The first-order valence-corrected chi connectivity index (χ1v) is 7.52. The Hall–Kier alpha value is -2.68. The van der Waals surface area contributed by atoms with Gasteiger partial charge >= 0.3 is 12.4 Å². The summed E-state index contributed by atoms with van der Waals surface area (Å²) in [7, 11) is 0. The SMILES string of the molecule is N#CC1NNNC1c1cc(-c2cccc(C(F)(F)F)n2)cc(C(F)(F)F)c1. The molecule has 11 heteroatoms. The fourth-order valence-electron chi connectivity index (χ4n) is 2.64. The van der Waals surface area contributed by atoms with Gasteiger partial charge < -0.3 is 0 Å². The molecular formula is C16H11F6N5. The molecule has 1 aromatic carbocycles. The Balaban J connectivity index is 2.13. The molecule has 2 atom stereocenters. The average Bonchev–Trinajstić information content (AvgIpc) is 3.09. The number of aromatic nitrogens is 1. The van der Waals surface area contributed by atoms with Crippen molar-refractivity contribution in [2.45, 2.75) is 24.4 Å². The number of nitriles is 1. The summed E-state index contributed by atoms with van der Waals surface area (Å²) in [5.41, 5.74) is 5.00. The van der Waals surface area contributed by atoms with E-state index in [1.165, 1.54) is 12.1 Å². The molecule has 3 N–H and O–H groups in total. The van der Waals surface area contributed by atoms with Crippen LogP contribution in [0.4, 0.5) is 26.3 Å².